The van der Waals surface area contributed by atoms with Gasteiger partial charge in [-0.15, -0.1) is 11.3 Å². The number of aryl methyl sites for hydroxylation is 1. The van der Waals surface area contributed by atoms with Crippen molar-refractivity contribution < 1.29 is 0 Å². The summed E-state index contributed by atoms with van der Waals surface area (Å²) in [6.45, 7) is 5.31. The van der Waals surface area contributed by atoms with E-state index < -0.39 is 0 Å². The molecule has 0 aromatic carbocycles. The van der Waals surface area contributed by atoms with E-state index in [2.05, 4.69) is 40.6 Å². The van der Waals surface area contributed by atoms with E-state index in [1.54, 1.807) is 11.3 Å². The highest BCUT2D eigenvalue weighted by Gasteiger charge is 2.10. The molecule has 0 saturated carbocycles. The molecule has 20 heavy (non-hydrogen) atoms. The lowest BCUT2D eigenvalue weighted by Gasteiger charge is -2.08. The molecular formula is C14H23N5S. The van der Waals surface area contributed by atoms with E-state index in [1.807, 2.05) is 0 Å². The summed E-state index contributed by atoms with van der Waals surface area (Å²) in [5, 5.41) is 4.52. The number of nitrogens with zero attached hydrogens (tertiary/aromatic N) is 2. The minimum atomic E-state index is 0.470. The van der Waals surface area contributed by atoms with Gasteiger partial charge in [-0.2, -0.15) is 4.98 Å². The van der Waals surface area contributed by atoms with Crippen LogP contribution in [-0.4, -0.2) is 16.5 Å². The van der Waals surface area contributed by atoms with Gasteiger partial charge in [-0.3, -0.25) is 5.43 Å². The molecule has 0 bridgehead atoms. The van der Waals surface area contributed by atoms with Crippen molar-refractivity contribution in [3.05, 3.63) is 10.9 Å². The van der Waals surface area contributed by atoms with Gasteiger partial charge in [0, 0.05) is 11.4 Å². The molecule has 2 aromatic heterocycles. The molecule has 4 N–H and O–H groups in total. The lowest BCUT2D eigenvalue weighted by molar-refractivity contribution is 0.684. The fourth-order valence-electron chi connectivity index (χ4n) is 2.10. The number of fused-ring (bicyclic) bond motifs is 1. The molecule has 2 rings (SSSR count). The normalized spacial score (nSPS) is 10.9. The molecule has 0 saturated heterocycles. The molecule has 0 radical (unpaired) electrons. The van der Waals surface area contributed by atoms with Crippen molar-refractivity contribution in [3.8, 4) is 0 Å². The van der Waals surface area contributed by atoms with Crippen molar-refractivity contribution in [1.29, 1.82) is 0 Å². The van der Waals surface area contributed by atoms with Crippen LogP contribution in [0.4, 0.5) is 11.8 Å². The second-order valence-electron chi connectivity index (χ2n) is 4.81. The Balaban J connectivity index is 2.14. The first-order chi connectivity index (χ1) is 9.78. The first-order valence-corrected chi connectivity index (χ1v) is 8.11. The number of hydrogen-bond donors (Lipinski definition) is 3. The molecule has 2 aromatic rings. The summed E-state index contributed by atoms with van der Waals surface area (Å²) >= 11 is 1.70. The van der Waals surface area contributed by atoms with Crippen molar-refractivity contribution in [2.75, 3.05) is 17.3 Å². The lowest BCUT2D eigenvalue weighted by atomic mass is 10.2. The summed E-state index contributed by atoms with van der Waals surface area (Å²) in [6.07, 6.45) is 5.97. The number of anilines is 2. The Morgan fingerprint density at radius 3 is 2.75 bits per heavy atom. The smallest absolute Gasteiger partial charge is 0.240 e. The summed E-state index contributed by atoms with van der Waals surface area (Å²) in [5.41, 5.74) is 2.54. The third-order valence-corrected chi connectivity index (χ3v) is 4.42. The van der Waals surface area contributed by atoms with Crippen molar-refractivity contribution >= 4 is 33.3 Å². The Morgan fingerprint density at radius 1 is 1.20 bits per heavy atom. The van der Waals surface area contributed by atoms with Crippen molar-refractivity contribution in [2.24, 2.45) is 5.84 Å². The molecule has 0 unspecified atom stereocenters. The predicted molar refractivity (Wildman–Crippen MR) is 87.2 cm³/mol. The number of thiophene rings is 1. The molecule has 6 heteroatoms. The fourth-order valence-corrected chi connectivity index (χ4v) is 3.07. The topological polar surface area (TPSA) is 75.9 Å². The Morgan fingerprint density at radius 2 is 2.05 bits per heavy atom. The van der Waals surface area contributed by atoms with Crippen LogP contribution in [0.15, 0.2) is 6.07 Å². The molecule has 0 atom stereocenters. The largest absolute Gasteiger partial charge is 0.369 e. The van der Waals surface area contributed by atoms with Gasteiger partial charge in [0.05, 0.1) is 5.39 Å². The van der Waals surface area contributed by atoms with E-state index in [-0.39, 0.29) is 0 Å². The van der Waals surface area contributed by atoms with E-state index >= 15 is 0 Å². The number of hydrazine groups is 1. The molecule has 0 fully saturated rings. The number of nitrogens with one attached hydrogen (secondary N) is 2. The third-order valence-electron chi connectivity index (χ3n) is 3.24. The van der Waals surface area contributed by atoms with Crippen LogP contribution < -0.4 is 16.6 Å². The van der Waals surface area contributed by atoms with Gasteiger partial charge < -0.3 is 5.32 Å². The maximum atomic E-state index is 5.45. The van der Waals surface area contributed by atoms with Crippen LogP contribution in [-0.2, 0) is 6.42 Å². The summed E-state index contributed by atoms with van der Waals surface area (Å²) in [4.78, 5) is 11.1. The lowest BCUT2D eigenvalue weighted by Crippen LogP contribution is -2.12. The zero-order chi connectivity index (χ0) is 14.4. The molecule has 0 aliphatic carbocycles. The van der Waals surface area contributed by atoms with Crippen LogP contribution in [0.2, 0.25) is 0 Å². The van der Waals surface area contributed by atoms with Gasteiger partial charge in [0.25, 0.3) is 0 Å². The number of rotatable bonds is 8. The number of aromatic nitrogens is 2. The second-order valence-corrected chi connectivity index (χ2v) is 5.93. The average Bonchev–Trinajstić information content (AvgIpc) is 2.89. The third kappa shape index (κ3) is 3.58. The maximum absolute atomic E-state index is 5.45. The van der Waals surface area contributed by atoms with Crippen LogP contribution in [0.25, 0.3) is 10.2 Å². The van der Waals surface area contributed by atoms with E-state index in [0.29, 0.717) is 5.95 Å². The van der Waals surface area contributed by atoms with Gasteiger partial charge in [0.2, 0.25) is 5.95 Å². The van der Waals surface area contributed by atoms with Crippen LogP contribution in [0.5, 0.6) is 0 Å². The Labute approximate surface area is 124 Å². The molecule has 110 valence electrons. The molecule has 0 aliphatic heterocycles. The molecule has 5 nitrogen and oxygen atoms in total. The molecule has 0 aliphatic rings. The van der Waals surface area contributed by atoms with Gasteiger partial charge in [-0.25, -0.2) is 10.8 Å². The number of hydrogen-bond acceptors (Lipinski definition) is 6. The standard InChI is InChI=1S/C14H23N5S/c1-3-5-6-7-8-16-12-11-9-10(4-2)20-13(11)18-14(17-12)19-15/h9H,3-8,15H2,1-2H3,(H2,16,17,18,19). The zero-order valence-electron chi connectivity index (χ0n) is 12.2. The Hall–Kier alpha value is -1.40. The first-order valence-electron chi connectivity index (χ1n) is 7.29. The fraction of sp³-hybridized carbons (Fsp3) is 0.571. The Kier molecular flexibility index (Phi) is 5.55. The summed E-state index contributed by atoms with van der Waals surface area (Å²) in [5.74, 6) is 6.80. The van der Waals surface area contributed by atoms with E-state index in [4.69, 9.17) is 5.84 Å². The maximum Gasteiger partial charge on any atom is 0.240 e. The van der Waals surface area contributed by atoms with Crippen molar-refractivity contribution in [2.45, 2.75) is 46.0 Å². The Bertz CT molecular complexity index is 552. The zero-order valence-corrected chi connectivity index (χ0v) is 13.0. The summed E-state index contributed by atoms with van der Waals surface area (Å²) in [7, 11) is 0. The quantitative estimate of drug-likeness (QED) is 0.394. The molecule has 0 amide bonds. The van der Waals surface area contributed by atoms with E-state index in [0.717, 1.165) is 35.4 Å². The van der Waals surface area contributed by atoms with E-state index in [1.165, 1.54) is 24.1 Å². The SMILES string of the molecule is CCCCCCNc1nc(NN)nc2sc(CC)cc12. The van der Waals surface area contributed by atoms with Crippen molar-refractivity contribution in [1.82, 2.24) is 9.97 Å². The molecular weight excluding hydrogens is 270 g/mol. The molecule has 2 heterocycles. The predicted octanol–water partition coefficient (Wildman–Crippen LogP) is 3.53. The highest BCUT2D eigenvalue weighted by atomic mass is 32.1. The monoisotopic (exact) mass is 293 g/mol. The number of unbranched alkanes of at least 4 members (excludes halogenated alkanes) is 3. The second kappa shape index (κ2) is 7.40. The first kappa shape index (κ1) is 15.0. The van der Waals surface area contributed by atoms with Crippen LogP contribution in [0.3, 0.4) is 0 Å². The van der Waals surface area contributed by atoms with Gasteiger partial charge in [0.1, 0.15) is 10.6 Å². The van der Waals surface area contributed by atoms with Crippen LogP contribution >= 0.6 is 11.3 Å². The minimum absolute atomic E-state index is 0.470. The minimum Gasteiger partial charge on any atom is -0.369 e. The number of nitrogen functional groups attached to an aromatic ring is 1. The summed E-state index contributed by atoms with van der Waals surface area (Å²) in [6, 6.07) is 2.18. The highest BCUT2D eigenvalue weighted by Crippen LogP contribution is 2.30. The number of nitrogens with two attached hydrogens (primary N) is 1. The highest BCUT2D eigenvalue weighted by molar-refractivity contribution is 7.18. The molecule has 0 spiro atoms. The van der Waals surface area contributed by atoms with E-state index in [9.17, 15) is 0 Å². The van der Waals surface area contributed by atoms with Gasteiger partial charge >= 0.3 is 0 Å². The van der Waals surface area contributed by atoms with Gasteiger partial charge in [-0.05, 0) is 18.9 Å². The van der Waals surface area contributed by atoms with Gasteiger partial charge in [-0.1, -0.05) is 33.1 Å². The van der Waals surface area contributed by atoms with Gasteiger partial charge in [0.15, 0.2) is 0 Å². The van der Waals surface area contributed by atoms with Crippen LogP contribution in [0.1, 0.15) is 44.4 Å². The van der Waals surface area contributed by atoms with Crippen LogP contribution in [0, 0.1) is 0 Å². The average molecular weight is 293 g/mol. The van der Waals surface area contributed by atoms with Crippen molar-refractivity contribution in [3.63, 3.8) is 0 Å². The summed E-state index contributed by atoms with van der Waals surface area (Å²) < 4.78 is 0.